The second kappa shape index (κ2) is 7.34. The first kappa shape index (κ1) is 17.0. The van der Waals surface area contributed by atoms with Gasteiger partial charge in [-0.3, -0.25) is 14.6 Å². The Morgan fingerprint density at radius 1 is 0.960 bits per heavy atom. The molecule has 2 heterocycles. The number of nitrogens with zero attached hydrogens (tertiary/aromatic N) is 4. The zero-order chi connectivity index (χ0) is 17.8. The third-order valence-electron chi connectivity index (χ3n) is 4.51. The molecule has 2 aromatic rings. The van der Waals surface area contributed by atoms with Crippen LogP contribution in [-0.4, -0.2) is 59.8 Å². The van der Waals surface area contributed by atoms with Gasteiger partial charge in [0.15, 0.2) is 0 Å². The highest BCUT2D eigenvalue weighted by atomic mass is 16.2. The molecular formula is C19H22N4O2. The number of benzene rings is 1. The number of hydrogen-bond donors (Lipinski definition) is 0. The largest absolute Gasteiger partial charge is 0.343 e. The van der Waals surface area contributed by atoms with Crippen LogP contribution in [0.15, 0.2) is 48.8 Å². The zero-order valence-electron chi connectivity index (χ0n) is 14.6. The van der Waals surface area contributed by atoms with Crippen LogP contribution in [0.3, 0.4) is 0 Å². The highest BCUT2D eigenvalue weighted by Crippen LogP contribution is 2.23. The quantitative estimate of drug-likeness (QED) is 0.860. The molecule has 0 bridgehead atoms. The fourth-order valence-electron chi connectivity index (χ4n) is 2.94. The normalized spacial score (nSPS) is 14.3. The van der Waals surface area contributed by atoms with Gasteiger partial charge in [-0.2, -0.15) is 0 Å². The molecule has 1 aromatic carbocycles. The van der Waals surface area contributed by atoms with Crippen LogP contribution in [0.1, 0.15) is 17.3 Å². The summed E-state index contributed by atoms with van der Waals surface area (Å²) in [6, 6.07) is 11.8. The Hall–Kier alpha value is -2.89. The van der Waals surface area contributed by atoms with Crippen LogP contribution >= 0.6 is 0 Å². The van der Waals surface area contributed by atoms with Crippen molar-refractivity contribution in [2.24, 2.45) is 0 Å². The first-order valence-corrected chi connectivity index (χ1v) is 8.35. The average Bonchev–Trinajstić information content (AvgIpc) is 2.67. The number of rotatable bonds is 3. The lowest BCUT2D eigenvalue weighted by molar-refractivity contribution is -0.130. The van der Waals surface area contributed by atoms with Gasteiger partial charge in [0.1, 0.15) is 0 Å². The fourth-order valence-corrected chi connectivity index (χ4v) is 2.94. The van der Waals surface area contributed by atoms with Crippen LogP contribution in [-0.2, 0) is 4.79 Å². The van der Waals surface area contributed by atoms with Gasteiger partial charge in [-0.05, 0) is 18.2 Å². The molecule has 0 saturated carbocycles. The topological polar surface area (TPSA) is 56.8 Å². The van der Waals surface area contributed by atoms with E-state index in [9.17, 15) is 9.59 Å². The first-order valence-electron chi connectivity index (χ1n) is 8.35. The minimum atomic E-state index is -0.0426. The van der Waals surface area contributed by atoms with Crippen molar-refractivity contribution in [3.63, 3.8) is 0 Å². The molecule has 0 atom stereocenters. The van der Waals surface area contributed by atoms with Gasteiger partial charge in [0, 0.05) is 52.0 Å². The van der Waals surface area contributed by atoms with E-state index in [1.165, 1.54) is 0 Å². The van der Waals surface area contributed by atoms with Gasteiger partial charge in [-0.15, -0.1) is 0 Å². The Morgan fingerprint density at radius 3 is 2.24 bits per heavy atom. The van der Waals surface area contributed by atoms with Crippen molar-refractivity contribution in [3.05, 3.63) is 54.4 Å². The summed E-state index contributed by atoms with van der Waals surface area (Å²) in [6.07, 6.45) is 3.35. The molecule has 0 spiro atoms. The van der Waals surface area contributed by atoms with Gasteiger partial charge in [0.25, 0.3) is 5.91 Å². The van der Waals surface area contributed by atoms with Crippen LogP contribution < -0.4 is 4.90 Å². The SMILES string of the molecule is CC(=O)N1CCN(C(=O)c2cncc(N(C)c3ccccc3)c2)CC1. The third-order valence-corrected chi connectivity index (χ3v) is 4.51. The summed E-state index contributed by atoms with van der Waals surface area (Å²) in [6.45, 7) is 3.83. The second-order valence-electron chi connectivity index (χ2n) is 6.12. The van der Waals surface area contributed by atoms with Gasteiger partial charge in [-0.1, -0.05) is 18.2 Å². The zero-order valence-corrected chi connectivity index (χ0v) is 14.6. The Morgan fingerprint density at radius 2 is 1.60 bits per heavy atom. The standard InChI is InChI=1S/C19H22N4O2/c1-15(24)22-8-10-23(11-9-22)19(25)16-12-18(14-20-13-16)21(2)17-6-4-3-5-7-17/h3-7,12-14H,8-11H2,1-2H3. The van der Waals surface area contributed by atoms with Crippen molar-refractivity contribution in [1.82, 2.24) is 14.8 Å². The lowest BCUT2D eigenvalue weighted by Crippen LogP contribution is -2.50. The molecule has 0 radical (unpaired) electrons. The van der Waals surface area contributed by atoms with E-state index in [1.54, 1.807) is 29.1 Å². The summed E-state index contributed by atoms with van der Waals surface area (Å²) in [5.74, 6) is 0.0132. The van der Waals surface area contributed by atoms with Crippen molar-refractivity contribution in [1.29, 1.82) is 0 Å². The molecule has 1 aromatic heterocycles. The van der Waals surface area contributed by atoms with Gasteiger partial charge >= 0.3 is 0 Å². The highest BCUT2D eigenvalue weighted by molar-refractivity contribution is 5.95. The van der Waals surface area contributed by atoms with E-state index < -0.39 is 0 Å². The Bertz CT molecular complexity index is 755. The number of carbonyl (C=O) groups excluding carboxylic acids is 2. The van der Waals surface area contributed by atoms with Crippen LogP contribution in [0, 0.1) is 0 Å². The summed E-state index contributed by atoms with van der Waals surface area (Å²) >= 11 is 0. The maximum absolute atomic E-state index is 12.8. The van der Waals surface area contributed by atoms with E-state index in [4.69, 9.17) is 0 Å². The number of amides is 2. The average molecular weight is 338 g/mol. The van der Waals surface area contributed by atoms with E-state index in [0.29, 0.717) is 31.7 Å². The summed E-state index contributed by atoms with van der Waals surface area (Å²) in [5.41, 5.74) is 2.46. The highest BCUT2D eigenvalue weighted by Gasteiger charge is 2.23. The number of anilines is 2. The van der Waals surface area contributed by atoms with Crippen LogP contribution in [0.4, 0.5) is 11.4 Å². The van der Waals surface area contributed by atoms with Crippen molar-refractivity contribution in [2.75, 3.05) is 38.1 Å². The second-order valence-corrected chi connectivity index (χ2v) is 6.12. The Balaban J connectivity index is 1.73. The molecule has 130 valence electrons. The summed E-state index contributed by atoms with van der Waals surface area (Å²) in [5, 5.41) is 0. The van der Waals surface area contributed by atoms with Gasteiger partial charge in [0.05, 0.1) is 17.4 Å². The molecule has 0 N–H and O–H groups in total. The number of carbonyl (C=O) groups is 2. The van der Waals surface area contributed by atoms with Crippen molar-refractivity contribution < 1.29 is 9.59 Å². The molecule has 1 saturated heterocycles. The summed E-state index contributed by atoms with van der Waals surface area (Å²) < 4.78 is 0. The number of aromatic nitrogens is 1. The molecule has 0 unspecified atom stereocenters. The smallest absolute Gasteiger partial charge is 0.255 e. The van der Waals surface area contributed by atoms with Gasteiger partial charge in [-0.25, -0.2) is 0 Å². The van der Waals surface area contributed by atoms with E-state index in [-0.39, 0.29) is 11.8 Å². The minimum absolute atomic E-state index is 0.0426. The van der Waals surface area contributed by atoms with Crippen molar-refractivity contribution in [3.8, 4) is 0 Å². The van der Waals surface area contributed by atoms with Crippen LogP contribution in [0.5, 0.6) is 0 Å². The molecule has 1 fully saturated rings. The number of para-hydroxylation sites is 1. The van der Waals surface area contributed by atoms with Gasteiger partial charge in [0.2, 0.25) is 5.91 Å². The van der Waals surface area contributed by atoms with E-state index in [2.05, 4.69) is 4.98 Å². The van der Waals surface area contributed by atoms with E-state index >= 15 is 0 Å². The predicted octanol–water partition coefficient (Wildman–Crippen LogP) is 2.15. The maximum Gasteiger partial charge on any atom is 0.255 e. The first-order chi connectivity index (χ1) is 12.1. The number of hydrogen-bond acceptors (Lipinski definition) is 4. The third kappa shape index (κ3) is 3.79. The molecular weight excluding hydrogens is 316 g/mol. The molecule has 6 nitrogen and oxygen atoms in total. The molecule has 1 aliphatic rings. The lowest BCUT2D eigenvalue weighted by Gasteiger charge is -2.34. The van der Waals surface area contributed by atoms with E-state index in [0.717, 1.165) is 11.4 Å². The predicted molar refractivity (Wildman–Crippen MR) is 96.9 cm³/mol. The minimum Gasteiger partial charge on any atom is -0.343 e. The molecule has 25 heavy (non-hydrogen) atoms. The summed E-state index contributed by atoms with van der Waals surface area (Å²) in [4.78, 5) is 33.9. The number of pyridine rings is 1. The number of piperazine rings is 1. The Kier molecular flexibility index (Phi) is 4.97. The lowest BCUT2D eigenvalue weighted by atomic mass is 10.2. The molecule has 6 heteroatoms. The van der Waals surface area contributed by atoms with Crippen molar-refractivity contribution in [2.45, 2.75) is 6.92 Å². The van der Waals surface area contributed by atoms with Gasteiger partial charge < -0.3 is 14.7 Å². The molecule has 2 amide bonds. The Labute approximate surface area is 147 Å². The van der Waals surface area contributed by atoms with Crippen molar-refractivity contribution >= 4 is 23.2 Å². The van der Waals surface area contributed by atoms with E-state index in [1.807, 2.05) is 48.3 Å². The monoisotopic (exact) mass is 338 g/mol. The summed E-state index contributed by atoms with van der Waals surface area (Å²) in [7, 11) is 1.95. The fraction of sp³-hybridized carbons (Fsp3) is 0.316. The molecule has 3 rings (SSSR count). The van der Waals surface area contributed by atoms with Crippen LogP contribution in [0.2, 0.25) is 0 Å². The maximum atomic E-state index is 12.8. The molecule has 1 aliphatic heterocycles. The van der Waals surface area contributed by atoms with Crippen LogP contribution in [0.25, 0.3) is 0 Å². The molecule has 0 aliphatic carbocycles.